The highest BCUT2D eigenvalue weighted by Crippen LogP contribution is 2.32. The van der Waals surface area contributed by atoms with Crippen LogP contribution in [0.25, 0.3) is 11.0 Å². The van der Waals surface area contributed by atoms with Gasteiger partial charge in [0.05, 0.1) is 16.8 Å². The van der Waals surface area contributed by atoms with E-state index in [1.165, 1.54) is 6.20 Å². The number of anilines is 1. The summed E-state index contributed by atoms with van der Waals surface area (Å²) in [5.74, 6) is -0.984. The number of carbonyl (C=O) groups is 1. The Balaban J connectivity index is 2.80. The number of likely N-dealkylation sites (N-methyl/N-ethyl adjacent to an activating group) is 1. The van der Waals surface area contributed by atoms with Crippen molar-refractivity contribution in [3.8, 4) is 0 Å². The second kappa shape index (κ2) is 5.55. The molecule has 2 aromatic rings. The predicted octanol–water partition coefficient (Wildman–Crippen LogP) is 2.38. The monoisotopic (exact) mass is 288 g/mol. The van der Waals surface area contributed by atoms with E-state index < -0.39 is 5.97 Å². The van der Waals surface area contributed by atoms with Crippen molar-refractivity contribution in [1.82, 2.24) is 14.8 Å². The molecule has 0 aromatic carbocycles. The third kappa shape index (κ3) is 2.61. The Labute approximate surface area is 123 Å². The van der Waals surface area contributed by atoms with Crippen LogP contribution in [-0.2, 0) is 7.05 Å². The average Bonchev–Trinajstić information content (AvgIpc) is 2.70. The molecule has 0 amide bonds. The maximum absolute atomic E-state index is 11.6. The van der Waals surface area contributed by atoms with Crippen molar-refractivity contribution in [2.75, 3.05) is 18.0 Å². The molecule has 0 bridgehead atoms. The summed E-state index contributed by atoms with van der Waals surface area (Å²) >= 11 is 0. The van der Waals surface area contributed by atoms with E-state index in [4.69, 9.17) is 0 Å². The van der Waals surface area contributed by atoms with Gasteiger partial charge in [-0.15, -0.1) is 0 Å². The molecule has 0 fully saturated rings. The van der Waals surface area contributed by atoms with Gasteiger partial charge in [0, 0.05) is 26.3 Å². The molecule has 2 heterocycles. The van der Waals surface area contributed by atoms with E-state index in [1.807, 2.05) is 32.7 Å². The molecular formula is C15H20N4O2. The normalized spacial score (nSPS) is 10.9. The van der Waals surface area contributed by atoms with E-state index in [0.29, 0.717) is 24.4 Å². The molecule has 2 rings (SSSR count). The Morgan fingerprint density at radius 3 is 2.71 bits per heavy atom. The van der Waals surface area contributed by atoms with Crippen molar-refractivity contribution in [3.63, 3.8) is 0 Å². The van der Waals surface area contributed by atoms with E-state index in [9.17, 15) is 9.90 Å². The highest BCUT2D eigenvalue weighted by molar-refractivity contribution is 6.04. The third-order valence-corrected chi connectivity index (χ3v) is 3.39. The molecule has 0 unspecified atom stereocenters. The molecule has 112 valence electrons. The molecule has 1 N–H and O–H groups in total. The fourth-order valence-electron chi connectivity index (χ4n) is 2.55. The highest BCUT2D eigenvalue weighted by Gasteiger charge is 2.23. The SMILES string of the molecule is C=C(C)CN(CC)c1c(C(=O)O)cnc2c1c(C)nn2C. The Bertz CT molecular complexity index is 718. The van der Waals surface area contributed by atoms with Crippen LogP contribution in [0.15, 0.2) is 18.3 Å². The van der Waals surface area contributed by atoms with Crippen LogP contribution in [0.2, 0.25) is 0 Å². The topological polar surface area (TPSA) is 71.2 Å². The Hall–Kier alpha value is -2.37. The second-order valence-electron chi connectivity index (χ2n) is 5.20. The van der Waals surface area contributed by atoms with Crippen LogP contribution < -0.4 is 4.90 Å². The van der Waals surface area contributed by atoms with Crippen molar-refractivity contribution >= 4 is 22.7 Å². The van der Waals surface area contributed by atoms with Crippen LogP contribution in [-0.4, -0.2) is 38.9 Å². The van der Waals surface area contributed by atoms with Gasteiger partial charge >= 0.3 is 5.97 Å². The minimum absolute atomic E-state index is 0.196. The smallest absolute Gasteiger partial charge is 0.339 e. The van der Waals surface area contributed by atoms with Gasteiger partial charge in [-0.2, -0.15) is 5.10 Å². The van der Waals surface area contributed by atoms with Gasteiger partial charge in [-0.05, 0) is 20.8 Å². The first kappa shape index (κ1) is 15.0. The number of pyridine rings is 1. The summed E-state index contributed by atoms with van der Waals surface area (Å²) < 4.78 is 1.68. The van der Waals surface area contributed by atoms with Gasteiger partial charge in [0.2, 0.25) is 0 Å². The maximum Gasteiger partial charge on any atom is 0.339 e. The molecule has 0 aliphatic heterocycles. The third-order valence-electron chi connectivity index (χ3n) is 3.39. The minimum atomic E-state index is -0.984. The lowest BCUT2D eigenvalue weighted by Gasteiger charge is -2.25. The zero-order chi connectivity index (χ0) is 15.7. The molecule has 21 heavy (non-hydrogen) atoms. The molecule has 2 aromatic heterocycles. The lowest BCUT2D eigenvalue weighted by Crippen LogP contribution is -2.27. The van der Waals surface area contributed by atoms with E-state index in [1.54, 1.807) is 4.68 Å². The number of fused-ring (bicyclic) bond motifs is 1. The molecular weight excluding hydrogens is 268 g/mol. The standard InChI is InChI=1S/C15H20N4O2/c1-6-19(8-9(2)3)13-11(15(20)21)7-16-14-12(13)10(4)17-18(14)5/h7H,2,6,8H2,1,3-5H3,(H,20,21). The molecule has 0 spiro atoms. The fraction of sp³-hybridized carbons (Fsp3) is 0.400. The van der Waals surface area contributed by atoms with E-state index in [0.717, 1.165) is 16.7 Å². The average molecular weight is 288 g/mol. The molecule has 0 atom stereocenters. The number of rotatable bonds is 5. The summed E-state index contributed by atoms with van der Waals surface area (Å²) in [5, 5.41) is 14.6. The molecule has 6 heteroatoms. The summed E-state index contributed by atoms with van der Waals surface area (Å²) in [5.41, 5.74) is 3.30. The van der Waals surface area contributed by atoms with Gasteiger partial charge in [-0.1, -0.05) is 12.2 Å². The molecule has 0 aliphatic rings. The van der Waals surface area contributed by atoms with Crippen molar-refractivity contribution in [1.29, 1.82) is 0 Å². The van der Waals surface area contributed by atoms with Crippen LogP contribution >= 0.6 is 0 Å². The van der Waals surface area contributed by atoms with E-state index >= 15 is 0 Å². The summed E-state index contributed by atoms with van der Waals surface area (Å²) in [6, 6.07) is 0. The van der Waals surface area contributed by atoms with E-state index in [-0.39, 0.29) is 5.56 Å². The van der Waals surface area contributed by atoms with Crippen molar-refractivity contribution < 1.29 is 9.90 Å². The van der Waals surface area contributed by atoms with Crippen LogP contribution in [0.5, 0.6) is 0 Å². The highest BCUT2D eigenvalue weighted by atomic mass is 16.4. The maximum atomic E-state index is 11.6. The summed E-state index contributed by atoms with van der Waals surface area (Å²) in [6.45, 7) is 11.0. The molecule has 0 saturated heterocycles. The number of hydrogen-bond acceptors (Lipinski definition) is 4. The lowest BCUT2D eigenvalue weighted by molar-refractivity contribution is 0.0697. The number of carboxylic acid groups (broad SMARTS) is 1. The summed E-state index contributed by atoms with van der Waals surface area (Å²) in [4.78, 5) is 17.8. The zero-order valence-corrected chi connectivity index (χ0v) is 12.8. The fourth-order valence-corrected chi connectivity index (χ4v) is 2.55. The van der Waals surface area contributed by atoms with Gasteiger partial charge in [0.25, 0.3) is 0 Å². The van der Waals surface area contributed by atoms with Crippen LogP contribution in [0.4, 0.5) is 5.69 Å². The first-order valence-corrected chi connectivity index (χ1v) is 6.81. The first-order chi connectivity index (χ1) is 9.86. The number of hydrogen-bond donors (Lipinski definition) is 1. The zero-order valence-electron chi connectivity index (χ0n) is 12.8. The Kier molecular flexibility index (Phi) is 3.97. The van der Waals surface area contributed by atoms with Crippen molar-refractivity contribution in [2.24, 2.45) is 7.05 Å². The number of nitrogens with zero attached hydrogens (tertiary/aromatic N) is 4. The summed E-state index contributed by atoms with van der Waals surface area (Å²) in [6.07, 6.45) is 1.40. The van der Waals surface area contributed by atoms with Gasteiger partial charge in [-0.3, -0.25) is 4.68 Å². The van der Waals surface area contributed by atoms with Crippen LogP contribution in [0.1, 0.15) is 29.9 Å². The quantitative estimate of drug-likeness (QED) is 0.855. The lowest BCUT2D eigenvalue weighted by atomic mass is 10.1. The number of carboxylic acids is 1. The number of aryl methyl sites for hydroxylation is 2. The second-order valence-corrected chi connectivity index (χ2v) is 5.20. The predicted molar refractivity (Wildman–Crippen MR) is 82.9 cm³/mol. The van der Waals surface area contributed by atoms with Crippen molar-refractivity contribution in [2.45, 2.75) is 20.8 Å². The number of aromatic nitrogens is 3. The van der Waals surface area contributed by atoms with E-state index in [2.05, 4.69) is 16.7 Å². The van der Waals surface area contributed by atoms with Gasteiger partial charge in [-0.25, -0.2) is 9.78 Å². The summed E-state index contributed by atoms with van der Waals surface area (Å²) in [7, 11) is 1.81. The Morgan fingerprint density at radius 1 is 1.52 bits per heavy atom. The van der Waals surface area contributed by atoms with Crippen LogP contribution in [0.3, 0.4) is 0 Å². The van der Waals surface area contributed by atoms with Gasteiger partial charge in [0.1, 0.15) is 5.56 Å². The van der Waals surface area contributed by atoms with Crippen molar-refractivity contribution in [3.05, 3.63) is 29.6 Å². The molecule has 6 nitrogen and oxygen atoms in total. The van der Waals surface area contributed by atoms with Gasteiger partial charge in [0.15, 0.2) is 5.65 Å². The first-order valence-electron chi connectivity index (χ1n) is 6.81. The largest absolute Gasteiger partial charge is 0.478 e. The minimum Gasteiger partial charge on any atom is -0.478 e. The van der Waals surface area contributed by atoms with Gasteiger partial charge < -0.3 is 10.0 Å². The molecule has 0 aliphatic carbocycles. The Morgan fingerprint density at radius 2 is 2.19 bits per heavy atom. The molecule has 0 saturated carbocycles. The molecule has 0 radical (unpaired) electrons. The van der Waals surface area contributed by atoms with Crippen LogP contribution in [0, 0.1) is 6.92 Å². The number of aromatic carboxylic acids is 1.